The Balaban J connectivity index is 1.59. The van der Waals surface area contributed by atoms with E-state index >= 15 is 0 Å². The Morgan fingerprint density at radius 1 is 1.16 bits per heavy atom. The van der Waals surface area contributed by atoms with Crippen LogP contribution in [0.3, 0.4) is 0 Å². The van der Waals surface area contributed by atoms with Crippen LogP contribution in [0.2, 0.25) is 0 Å². The summed E-state index contributed by atoms with van der Waals surface area (Å²) in [7, 11) is 0. The molecular formula is C18H25FN2O4. The Labute approximate surface area is 147 Å². The third-order valence-corrected chi connectivity index (χ3v) is 4.16. The van der Waals surface area contributed by atoms with Gasteiger partial charge in [0.05, 0.1) is 13.2 Å². The second kappa shape index (κ2) is 7.17. The van der Waals surface area contributed by atoms with E-state index in [1.807, 2.05) is 26.8 Å². The molecule has 1 aromatic carbocycles. The van der Waals surface area contributed by atoms with Gasteiger partial charge < -0.3 is 24.0 Å². The second-order valence-corrected chi connectivity index (χ2v) is 7.23. The minimum atomic E-state index is -0.613. The Morgan fingerprint density at radius 2 is 1.80 bits per heavy atom. The van der Waals surface area contributed by atoms with E-state index in [0.29, 0.717) is 45.0 Å². The standard InChI is InChI=1S/C18H25FN2O4/c1-18(2,3)25-17(22)21-8-6-20(7-9-21)13-4-5-14(15(19)12-13)16-23-10-11-24-16/h4-5,12,16H,6-11H2,1-3H3. The first-order chi connectivity index (χ1) is 11.8. The molecule has 0 atom stereocenters. The summed E-state index contributed by atoms with van der Waals surface area (Å²) >= 11 is 0. The number of benzene rings is 1. The Bertz CT molecular complexity index is 618. The SMILES string of the molecule is CC(C)(C)OC(=O)N1CCN(c2ccc(C3OCCO3)c(F)c2)CC1. The molecule has 2 fully saturated rings. The lowest BCUT2D eigenvalue weighted by Gasteiger charge is -2.36. The van der Waals surface area contributed by atoms with Gasteiger partial charge in [0.2, 0.25) is 0 Å². The number of hydrogen-bond donors (Lipinski definition) is 0. The van der Waals surface area contributed by atoms with Crippen LogP contribution >= 0.6 is 0 Å². The Morgan fingerprint density at radius 3 is 2.36 bits per heavy atom. The molecule has 0 unspecified atom stereocenters. The molecule has 0 aromatic heterocycles. The molecule has 0 N–H and O–H groups in total. The van der Waals surface area contributed by atoms with Crippen LogP contribution in [0.25, 0.3) is 0 Å². The number of nitrogens with zero attached hydrogens (tertiary/aromatic N) is 2. The van der Waals surface area contributed by atoms with Crippen molar-refractivity contribution >= 4 is 11.8 Å². The smallest absolute Gasteiger partial charge is 0.410 e. The zero-order valence-electron chi connectivity index (χ0n) is 15.0. The van der Waals surface area contributed by atoms with Crippen LogP contribution < -0.4 is 4.90 Å². The molecule has 0 spiro atoms. The maximum Gasteiger partial charge on any atom is 0.410 e. The van der Waals surface area contributed by atoms with Crippen molar-refractivity contribution in [3.63, 3.8) is 0 Å². The predicted octanol–water partition coefficient (Wildman–Crippen LogP) is 2.93. The fourth-order valence-electron chi connectivity index (χ4n) is 2.92. The number of carbonyl (C=O) groups is 1. The molecule has 1 aromatic rings. The summed E-state index contributed by atoms with van der Waals surface area (Å²) < 4.78 is 30.5. The van der Waals surface area contributed by atoms with Crippen molar-refractivity contribution in [3.05, 3.63) is 29.6 Å². The van der Waals surface area contributed by atoms with Gasteiger partial charge in [0, 0.05) is 37.4 Å². The molecule has 3 rings (SSSR count). The lowest BCUT2D eigenvalue weighted by Crippen LogP contribution is -2.50. The van der Waals surface area contributed by atoms with E-state index in [1.54, 1.807) is 11.0 Å². The molecule has 25 heavy (non-hydrogen) atoms. The highest BCUT2D eigenvalue weighted by atomic mass is 19.1. The number of carbonyl (C=O) groups excluding carboxylic acids is 1. The molecule has 6 nitrogen and oxygen atoms in total. The fraction of sp³-hybridized carbons (Fsp3) is 0.611. The number of hydrogen-bond acceptors (Lipinski definition) is 5. The van der Waals surface area contributed by atoms with Crippen LogP contribution in [0.5, 0.6) is 0 Å². The first kappa shape index (κ1) is 17.9. The van der Waals surface area contributed by atoms with Crippen molar-refractivity contribution in [2.24, 2.45) is 0 Å². The van der Waals surface area contributed by atoms with Crippen molar-refractivity contribution in [2.75, 3.05) is 44.3 Å². The first-order valence-corrected chi connectivity index (χ1v) is 8.59. The van der Waals surface area contributed by atoms with E-state index in [9.17, 15) is 9.18 Å². The van der Waals surface area contributed by atoms with E-state index in [-0.39, 0.29) is 11.9 Å². The Hall–Kier alpha value is -1.86. The third kappa shape index (κ3) is 4.41. The highest BCUT2D eigenvalue weighted by Gasteiger charge is 2.27. The summed E-state index contributed by atoms with van der Waals surface area (Å²) in [5.74, 6) is -0.334. The van der Waals surface area contributed by atoms with Gasteiger partial charge in [0.15, 0.2) is 6.29 Å². The molecule has 1 amide bonds. The van der Waals surface area contributed by atoms with Crippen LogP contribution in [-0.2, 0) is 14.2 Å². The largest absolute Gasteiger partial charge is 0.444 e. The molecule has 2 aliphatic heterocycles. The van der Waals surface area contributed by atoms with E-state index < -0.39 is 11.9 Å². The van der Waals surface area contributed by atoms with E-state index in [4.69, 9.17) is 14.2 Å². The fourth-order valence-corrected chi connectivity index (χ4v) is 2.92. The van der Waals surface area contributed by atoms with Crippen LogP contribution in [0.15, 0.2) is 18.2 Å². The normalized spacial score (nSPS) is 19.4. The minimum absolute atomic E-state index is 0.302. The van der Waals surface area contributed by atoms with Gasteiger partial charge in [-0.2, -0.15) is 0 Å². The maximum atomic E-state index is 14.4. The van der Waals surface area contributed by atoms with Gasteiger partial charge in [0.25, 0.3) is 0 Å². The molecule has 0 radical (unpaired) electrons. The van der Waals surface area contributed by atoms with Crippen molar-refractivity contribution in [3.8, 4) is 0 Å². The molecule has 138 valence electrons. The van der Waals surface area contributed by atoms with E-state index in [2.05, 4.69) is 4.90 Å². The van der Waals surface area contributed by atoms with Gasteiger partial charge in [-0.3, -0.25) is 0 Å². The van der Waals surface area contributed by atoms with Crippen LogP contribution in [-0.4, -0.2) is 56.0 Å². The predicted molar refractivity (Wildman–Crippen MR) is 91.1 cm³/mol. The average molecular weight is 352 g/mol. The van der Waals surface area contributed by atoms with Gasteiger partial charge in [-0.25, -0.2) is 9.18 Å². The average Bonchev–Trinajstić information content (AvgIpc) is 3.07. The quantitative estimate of drug-likeness (QED) is 0.819. The van der Waals surface area contributed by atoms with Gasteiger partial charge >= 0.3 is 6.09 Å². The van der Waals surface area contributed by atoms with Gasteiger partial charge in [-0.05, 0) is 39.0 Å². The van der Waals surface area contributed by atoms with E-state index in [1.165, 1.54) is 6.07 Å². The lowest BCUT2D eigenvalue weighted by atomic mass is 10.1. The van der Waals surface area contributed by atoms with Crippen molar-refractivity contribution < 1.29 is 23.4 Å². The Kier molecular flexibility index (Phi) is 5.15. The number of halogens is 1. The van der Waals surface area contributed by atoms with Crippen molar-refractivity contribution in [2.45, 2.75) is 32.7 Å². The third-order valence-electron chi connectivity index (χ3n) is 4.16. The number of piperazine rings is 1. The zero-order chi connectivity index (χ0) is 18.0. The van der Waals surface area contributed by atoms with Crippen molar-refractivity contribution in [1.82, 2.24) is 4.90 Å². The highest BCUT2D eigenvalue weighted by molar-refractivity contribution is 5.68. The summed E-state index contributed by atoms with van der Waals surface area (Å²) in [5, 5.41) is 0. The molecule has 0 saturated carbocycles. The summed E-state index contributed by atoms with van der Waals surface area (Å²) in [6.07, 6.45) is -0.915. The molecule has 7 heteroatoms. The summed E-state index contributed by atoms with van der Waals surface area (Å²) in [6, 6.07) is 5.08. The zero-order valence-corrected chi connectivity index (χ0v) is 15.0. The number of amides is 1. The molecule has 0 bridgehead atoms. The van der Waals surface area contributed by atoms with Gasteiger partial charge in [-0.1, -0.05) is 0 Å². The van der Waals surface area contributed by atoms with Crippen molar-refractivity contribution in [1.29, 1.82) is 0 Å². The topological polar surface area (TPSA) is 51.2 Å². The van der Waals surface area contributed by atoms with E-state index in [0.717, 1.165) is 5.69 Å². The molecule has 0 aliphatic carbocycles. The molecular weight excluding hydrogens is 327 g/mol. The minimum Gasteiger partial charge on any atom is -0.444 e. The van der Waals surface area contributed by atoms with Crippen LogP contribution in [0.4, 0.5) is 14.9 Å². The summed E-state index contributed by atoms with van der Waals surface area (Å²) in [4.78, 5) is 15.8. The molecule has 2 heterocycles. The number of ether oxygens (including phenoxy) is 3. The second-order valence-electron chi connectivity index (χ2n) is 7.23. The number of anilines is 1. The molecule has 2 saturated heterocycles. The maximum absolute atomic E-state index is 14.4. The van der Waals surface area contributed by atoms with Gasteiger partial charge in [0.1, 0.15) is 11.4 Å². The van der Waals surface area contributed by atoms with Crippen LogP contribution in [0.1, 0.15) is 32.6 Å². The molecule has 2 aliphatic rings. The summed E-state index contributed by atoms with van der Waals surface area (Å²) in [5.41, 5.74) is 0.717. The monoisotopic (exact) mass is 352 g/mol. The highest BCUT2D eigenvalue weighted by Crippen LogP contribution is 2.29. The lowest BCUT2D eigenvalue weighted by molar-refractivity contribution is -0.0464. The first-order valence-electron chi connectivity index (χ1n) is 8.59. The number of rotatable bonds is 2. The summed E-state index contributed by atoms with van der Waals surface area (Å²) in [6.45, 7) is 8.88. The van der Waals surface area contributed by atoms with Gasteiger partial charge in [-0.15, -0.1) is 0 Å². The van der Waals surface area contributed by atoms with Crippen LogP contribution in [0, 0.1) is 5.82 Å².